The number of nitrogens with zero attached hydrogens (tertiary/aromatic N) is 2. The zero-order valence-corrected chi connectivity index (χ0v) is 16.9. The van der Waals surface area contributed by atoms with Crippen molar-refractivity contribution in [3.05, 3.63) is 47.5 Å². The number of hydrogen-bond donors (Lipinski definition) is 2. The number of rotatable bonds is 6. The highest BCUT2D eigenvalue weighted by atomic mass is 32.2. The molecule has 0 fully saturated rings. The molecule has 0 atom stereocenters. The van der Waals surface area contributed by atoms with Gasteiger partial charge >= 0.3 is 0 Å². The van der Waals surface area contributed by atoms with E-state index >= 15 is 0 Å². The molecular formula is C16H10N2O6S4. The van der Waals surface area contributed by atoms with Crippen LogP contribution in [0.4, 0.5) is 11.4 Å². The first-order chi connectivity index (χ1) is 13.1. The lowest BCUT2D eigenvalue weighted by Crippen LogP contribution is -1.99. The molecule has 0 bridgehead atoms. The average Bonchev–Trinajstić information content (AvgIpc) is 2.60. The van der Waals surface area contributed by atoms with E-state index in [0.29, 0.717) is 0 Å². The second kappa shape index (κ2) is 8.74. The molecule has 0 radical (unpaired) electrons. The van der Waals surface area contributed by atoms with Crippen molar-refractivity contribution in [1.29, 1.82) is 0 Å². The van der Waals surface area contributed by atoms with E-state index in [1.54, 1.807) is 0 Å². The van der Waals surface area contributed by atoms with Crippen molar-refractivity contribution in [2.75, 3.05) is 0 Å². The van der Waals surface area contributed by atoms with Gasteiger partial charge in [0.15, 0.2) is 0 Å². The van der Waals surface area contributed by atoms with E-state index in [2.05, 4.69) is 34.4 Å². The number of para-hydroxylation sites is 2. The third-order valence-electron chi connectivity index (χ3n) is 3.37. The molecule has 0 spiro atoms. The minimum atomic E-state index is -4.57. The fraction of sp³-hybridized carbons (Fsp3) is 0. The lowest BCUT2D eigenvalue weighted by molar-refractivity contribution is 0.481. The first-order valence-electron chi connectivity index (χ1n) is 7.14. The van der Waals surface area contributed by atoms with Crippen LogP contribution in [-0.4, -0.2) is 36.3 Å². The maximum absolute atomic E-state index is 11.5. The van der Waals surface area contributed by atoms with E-state index < -0.39 is 30.0 Å². The number of aliphatic imine (C=N–C) groups is 2. The highest BCUT2D eigenvalue weighted by Crippen LogP contribution is 2.32. The quantitative estimate of drug-likeness (QED) is 0.291. The normalized spacial score (nSPS) is 11.6. The standard InChI is InChI=1S/C16H10N2O6S4/c19-27(20,21)13-5-1-3-11(15(13)17-9-25)7-8-12-4-2-6-14(28(22,23)24)16(12)18-10-26/h1-8H,(H,19,20,21)(H,22,23,24)/b8-7+. The molecule has 0 aliphatic rings. The topological polar surface area (TPSA) is 133 Å². The molecule has 0 aliphatic carbocycles. The Kier molecular flexibility index (Phi) is 6.83. The first kappa shape index (κ1) is 21.9. The molecule has 0 aliphatic heterocycles. The predicted molar refractivity (Wildman–Crippen MR) is 111 cm³/mol. The summed E-state index contributed by atoms with van der Waals surface area (Å²) in [5, 5.41) is 4.08. The van der Waals surface area contributed by atoms with Crippen LogP contribution in [0.3, 0.4) is 0 Å². The Balaban J connectivity index is 2.72. The van der Waals surface area contributed by atoms with Crippen molar-refractivity contribution in [3.8, 4) is 0 Å². The molecule has 0 unspecified atom stereocenters. The van der Waals surface area contributed by atoms with Crippen LogP contribution >= 0.6 is 24.4 Å². The predicted octanol–water partition coefficient (Wildman–Crippen LogP) is 3.82. The van der Waals surface area contributed by atoms with Crippen LogP contribution in [0.5, 0.6) is 0 Å². The van der Waals surface area contributed by atoms with Gasteiger partial charge in [-0.1, -0.05) is 36.4 Å². The van der Waals surface area contributed by atoms with Crippen LogP contribution in [0.25, 0.3) is 12.2 Å². The molecule has 0 heterocycles. The van der Waals surface area contributed by atoms with Gasteiger partial charge in [0.2, 0.25) is 0 Å². The second-order valence-electron chi connectivity index (χ2n) is 5.08. The summed E-state index contributed by atoms with van der Waals surface area (Å²) in [7, 11) is -9.15. The number of benzene rings is 2. The first-order valence-corrected chi connectivity index (χ1v) is 10.8. The monoisotopic (exact) mass is 454 g/mol. The Morgan fingerprint density at radius 1 is 0.750 bits per heavy atom. The minimum Gasteiger partial charge on any atom is -0.282 e. The van der Waals surface area contributed by atoms with Gasteiger partial charge in [0.05, 0.1) is 10.3 Å². The van der Waals surface area contributed by atoms with Gasteiger partial charge in [-0.05, 0) is 36.6 Å². The molecule has 0 saturated heterocycles. The van der Waals surface area contributed by atoms with Gasteiger partial charge < -0.3 is 0 Å². The van der Waals surface area contributed by atoms with Gasteiger partial charge in [0.1, 0.15) is 21.2 Å². The van der Waals surface area contributed by atoms with E-state index in [1.165, 1.54) is 36.4 Å². The lowest BCUT2D eigenvalue weighted by atomic mass is 10.1. The molecule has 2 N–H and O–H groups in total. The van der Waals surface area contributed by atoms with Gasteiger partial charge in [0.25, 0.3) is 20.2 Å². The molecule has 2 aromatic carbocycles. The summed E-state index contributed by atoms with van der Waals surface area (Å²) in [5.74, 6) is 0. The van der Waals surface area contributed by atoms with Crippen molar-refractivity contribution in [2.45, 2.75) is 9.79 Å². The van der Waals surface area contributed by atoms with Gasteiger partial charge in [-0.15, -0.1) is 0 Å². The summed E-state index contributed by atoms with van der Waals surface area (Å²) >= 11 is 9.04. The van der Waals surface area contributed by atoms with Gasteiger partial charge in [-0.25, -0.2) is 0 Å². The van der Waals surface area contributed by atoms with Gasteiger partial charge in [0, 0.05) is 11.1 Å². The Labute approximate surface area is 171 Å². The van der Waals surface area contributed by atoms with Crippen molar-refractivity contribution in [3.63, 3.8) is 0 Å². The summed E-state index contributed by atoms with van der Waals surface area (Å²) in [6.45, 7) is 0. The van der Waals surface area contributed by atoms with Crippen LogP contribution in [0.2, 0.25) is 0 Å². The molecule has 0 saturated carbocycles. The molecule has 12 heteroatoms. The van der Waals surface area contributed by atoms with E-state index in [4.69, 9.17) is 0 Å². The highest BCUT2D eigenvalue weighted by Gasteiger charge is 2.19. The molecule has 144 valence electrons. The molecule has 0 amide bonds. The molecular weight excluding hydrogens is 444 g/mol. The van der Waals surface area contributed by atoms with Crippen molar-refractivity contribution in [1.82, 2.24) is 0 Å². The Morgan fingerprint density at radius 2 is 1.11 bits per heavy atom. The van der Waals surface area contributed by atoms with Crippen molar-refractivity contribution < 1.29 is 25.9 Å². The maximum atomic E-state index is 11.5. The number of hydrogen-bond acceptors (Lipinski definition) is 8. The zero-order valence-electron chi connectivity index (χ0n) is 13.7. The Bertz CT molecular complexity index is 1170. The minimum absolute atomic E-state index is 0.151. The summed E-state index contributed by atoms with van der Waals surface area (Å²) in [6, 6.07) is 8.00. The van der Waals surface area contributed by atoms with Crippen LogP contribution in [0.15, 0.2) is 56.2 Å². The van der Waals surface area contributed by atoms with Crippen LogP contribution in [0.1, 0.15) is 11.1 Å². The third-order valence-corrected chi connectivity index (χ3v) is 5.33. The summed E-state index contributed by atoms with van der Waals surface area (Å²) in [5.41, 5.74) is 0.174. The molecule has 28 heavy (non-hydrogen) atoms. The summed E-state index contributed by atoms with van der Waals surface area (Å²) in [4.78, 5) is 6.42. The second-order valence-corrected chi connectivity index (χ2v) is 8.22. The van der Waals surface area contributed by atoms with E-state index in [9.17, 15) is 25.9 Å². The summed E-state index contributed by atoms with van der Waals surface area (Å²) in [6.07, 6.45) is 2.79. The van der Waals surface area contributed by atoms with Gasteiger partial charge in [-0.3, -0.25) is 9.11 Å². The van der Waals surface area contributed by atoms with Gasteiger partial charge in [-0.2, -0.15) is 26.8 Å². The van der Waals surface area contributed by atoms with E-state index in [1.807, 2.05) is 10.3 Å². The van der Waals surface area contributed by atoms with Crippen LogP contribution < -0.4 is 0 Å². The van der Waals surface area contributed by atoms with E-state index in [-0.39, 0.29) is 22.5 Å². The Morgan fingerprint density at radius 3 is 1.39 bits per heavy atom. The fourth-order valence-electron chi connectivity index (χ4n) is 2.27. The SMILES string of the molecule is O=S(=O)(O)c1cccc(/C=C/c2cccc(S(=O)(=O)O)c2N=C=S)c1N=C=S. The van der Waals surface area contributed by atoms with Crippen LogP contribution in [0, 0.1) is 0 Å². The molecule has 0 aromatic heterocycles. The summed E-state index contributed by atoms with van der Waals surface area (Å²) < 4.78 is 64.8. The van der Waals surface area contributed by atoms with Crippen LogP contribution in [-0.2, 0) is 20.2 Å². The molecule has 2 rings (SSSR count). The molecule has 2 aromatic rings. The fourth-order valence-corrected chi connectivity index (χ4v) is 3.77. The van der Waals surface area contributed by atoms with E-state index in [0.717, 1.165) is 12.1 Å². The van der Waals surface area contributed by atoms with Crippen molar-refractivity contribution in [2.24, 2.45) is 9.98 Å². The average molecular weight is 455 g/mol. The largest absolute Gasteiger partial charge is 0.296 e. The maximum Gasteiger partial charge on any atom is 0.296 e. The number of isothiocyanates is 2. The third kappa shape index (κ3) is 5.10. The molecule has 8 nitrogen and oxygen atoms in total. The Hall–Kier alpha value is -2.40. The zero-order chi connectivity index (χ0) is 20.9. The lowest BCUT2D eigenvalue weighted by Gasteiger charge is -2.07. The highest BCUT2D eigenvalue weighted by molar-refractivity contribution is 7.86. The number of thiocarbonyl (C=S) groups is 2. The smallest absolute Gasteiger partial charge is 0.282 e. The van der Waals surface area contributed by atoms with Crippen molar-refractivity contribution >= 4 is 78.5 Å².